The molecule has 7 nitrogen and oxygen atoms in total. The number of ether oxygens (including phenoxy) is 1. The number of amides is 2. The van der Waals surface area contributed by atoms with Gasteiger partial charge in [0.2, 0.25) is 11.8 Å². The number of piperidine rings is 1. The fourth-order valence-electron chi connectivity index (χ4n) is 3.18. The number of carbonyl (C=O) groups excluding carboxylic acids is 2. The van der Waals surface area contributed by atoms with Crippen molar-refractivity contribution in [1.82, 2.24) is 15.2 Å². The standard InChI is InChI=1S/C20H22N4O3S/c1-27-12-19(25)24-8-2-3-16(11-24)20(26)22-10-18-23-17(13-28-18)15-6-4-14(9-21)5-7-15/h4-7,13,16H,2-3,8,10-12H2,1H3,(H,22,26)/t16-/m0/s1. The van der Waals surface area contributed by atoms with Crippen LogP contribution in [0.4, 0.5) is 0 Å². The minimum absolute atomic E-state index is 0.0472. The number of nitrogens with zero attached hydrogens (tertiary/aromatic N) is 3. The van der Waals surface area contributed by atoms with Crippen LogP contribution >= 0.6 is 11.3 Å². The molecule has 1 aliphatic heterocycles. The first kappa shape index (κ1) is 20.0. The molecule has 2 aromatic rings. The Balaban J connectivity index is 1.54. The lowest BCUT2D eigenvalue weighted by Gasteiger charge is -2.31. The molecule has 28 heavy (non-hydrogen) atoms. The van der Waals surface area contributed by atoms with Gasteiger partial charge in [0.25, 0.3) is 0 Å². The molecule has 1 atom stereocenters. The van der Waals surface area contributed by atoms with Crippen molar-refractivity contribution in [2.75, 3.05) is 26.8 Å². The number of benzene rings is 1. The summed E-state index contributed by atoms with van der Waals surface area (Å²) in [4.78, 5) is 30.7. The molecule has 3 rings (SSSR count). The Bertz CT molecular complexity index is 872. The average molecular weight is 398 g/mol. The fraction of sp³-hybridized carbons (Fsp3) is 0.400. The summed E-state index contributed by atoms with van der Waals surface area (Å²) in [5, 5.41) is 14.6. The normalized spacial score (nSPS) is 16.4. The molecule has 1 saturated heterocycles. The van der Waals surface area contributed by atoms with Crippen LogP contribution in [0.25, 0.3) is 11.3 Å². The van der Waals surface area contributed by atoms with Crippen LogP contribution < -0.4 is 5.32 Å². The van der Waals surface area contributed by atoms with Gasteiger partial charge in [0.15, 0.2) is 0 Å². The van der Waals surface area contributed by atoms with E-state index in [9.17, 15) is 9.59 Å². The van der Waals surface area contributed by atoms with Gasteiger partial charge in [0, 0.05) is 31.1 Å². The molecule has 2 amide bonds. The molecule has 2 heterocycles. The van der Waals surface area contributed by atoms with E-state index >= 15 is 0 Å². The van der Waals surface area contributed by atoms with Crippen molar-refractivity contribution in [1.29, 1.82) is 5.26 Å². The van der Waals surface area contributed by atoms with Gasteiger partial charge in [-0.3, -0.25) is 9.59 Å². The molecule has 1 aliphatic rings. The van der Waals surface area contributed by atoms with E-state index in [0.717, 1.165) is 29.1 Å². The zero-order chi connectivity index (χ0) is 19.9. The monoisotopic (exact) mass is 398 g/mol. The van der Waals surface area contributed by atoms with Gasteiger partial charge in [-0.2, -0.15) is 5.26 Å². The van der Waals surface area contributed by atoms with Gasteiger partial charge >= 0.3 is 0 Å². The third kappa shape index (κ3) is 4.94. The van der Waals surface area contributed by atoms with Gasteiger partial charge in [-0.1, -0.05) is 12.1 Å². The van der Waals surface area contributed by atoms with E-state index in [1.807, 2.05) is 17.5 Å². The number of methoxy groups -OCH3 is 1. The molecule has 0 unspecified atom stereocenters. The Kier molecular flexibility index (Phi) is 6.74. The maximum absolute atomic E-state index is 12.5. The molecule has 0 spiro atoms. The zero-order valence-electron chi connectivity index (χ0n) is 15.7. The van der Waals surface area contributed by atoms with Crippen molar-refractivity contribution in [2.45, 2.75) is 19.4 Å². The van der Waals surface area contributed by atoms with Gasteiger partial charge in [0.05, 0.1) is 29.8 Å². The Morgan fingerprint density at radius 1 is 1.39 bits per heavy atom. The summed E-state index contributed by atoms with van der Waals surface area (Å²) in [6, 6.07) is 9.34. The van der Waals surface area contributed by atoms with E-state index in [2.05, 4.69) is 16.4 Å². The molecule has 1 aromatic carbocycles. The maximum atomic E-state index is 12.5. The number of nitriles is 1. The highest BCUT2D eigenvalue weighted by Gasteiger charge is 2.28. The van der Waals surface area contributed by atoms with E-state index in [-0.39, 0.29) is 24.3 Å². The second kappa shape index (κ2) is 9.44. The molecule has 1 aromatic heterocycles. The van der Waals surface area contributed by atoms with Crippen molar-refractivity contribution in [3.63, 3.8) is 0 Å². The van der Waals surface area contributed by atoms with Crippen molar-refractivity contribution in [2.24, 2.45) is 5.92 Å². The molecule has 1 fully saturated rings. The molecule has 8 heteroatoms. The quantitative estimate of drug-likeness (QED) is 0.805. The Morgan fingerprint density at radius 2 is 2.18 bits per heavy atom. The summed E-state index contributed by atoms with van der Waals surface area (Å²) in [7, 11) is 1.49. The first-order valence-electron chi connectivity index (χ1n) is 9.10. The van der Waals surface area contributed by atoms with Crippen molar-refractivity contribution in [3.8, 4) is 17.3 Å². The van der Waals surface area contributed by atoms with Crippen molar-refractivity contribution >= 4 is 23.2 Å². The molecule has 0 bridgehead atoms. The molecule has 0 radical (unpaired) electrons. The lowest BCUT2D eigenvalue weighted by atomic mass is 9.97. The number of nitrogens with one attached hydrogen (secondary N) is 1. The summed E-state index contributed by atoms with van der Waals surface area (Å²) < 4.78 is 4.90. The minimum atomic E-state index is -0.201. The maximum Gasteiger partial charge on any atom is 0.248 e. The first-order valence-corrected chi connectivity index (χ1v) is 9.98. The van der Waals surface area contributed by atoms with E-state index < -0.39 is 0 Å². The molecular formula is C20H22N4O3S. The van der Waals surface area contributed by atoms with Crippen LogP contribution in [0, 0.1) is 17.2 Å². The number of hydrogen-bond acceptors (Lipinski definition) is 6. The molecular weight excluding hydrogens is 376 g/mol. The zero-order valence-corrected chi connectivity index (χ0v) is 16.5. The largest absolute Gasteiger partial charge is 0.375 e. The first-order chi connectivity index (χ1) is 13.6. The Hall–Kier alpha value is -2.76. The number of aromatic nitrogens is 1. The number of thiazole rings is 1. The van der Waals surface area contributed by atoms with E-state index in [0.29, 0.717) is 25.2 Å². The van der Waals surface area contributed by atoms with Gasteiger partial charge in [-0.15, -0.1) is 11.3 Å². The van der Waals surface area contributed by atoms with Crippen LogP contribution in [-0.2, 0) is 20.9 Å². The fourth-order valence-corrected chi connectivity index (χ4v) is 3.92. The van der Waals surface area contributed by atoms with Crippen LogP contribution in [0.3, 0.4) is 0 Å². The van der Waals surface area contributed by atoms with Crippen LogP contribution in [0.5, 0.6) is 0 Å². The van der Waals surface area contributed by atoms with Crippen molar-refractivity contribution < 1.29 is 14.3 Å². The van der Waals surface area contributed by atoms with Gasteiger partial charge in [-0.05, 0) is 25.0 Å². The van der Waals surface area contributed by atoms with Gasteiger partial charge in [-0.25, -0.2) is 4.98 Å². The summed E-state index contributed by atoms with van der Waals surface area (Å²) in [6.45, 7) is 1.52. The third-order valence-electron chi connectivity index (χ3n) is 4.69. The Labute approximate surface area is 167 Å². The van der Waals surface area contributed by atoms with Gasteiger partial charge in [0.1, 0.15) is 11.6 Å². The SMILES string of the molecule is COCC(=O)N1CCC[C@H](C(=O)NCc2nc(-c3ccc(C#N)cc3)cs2)C1. The number of rotatable bonds is 6. The van der Waals surface area contributed by atoms with Crippen LogP contribution in [0.1, 0.15) is 23.4 Å². The second-order valence-corrected chi connectivity index (χ2v) is 7.59. The lowest BCUT2D eigenvalue weighted by molar-refractivity contribution is -0.139. The molecule has 0 aliphatic carbocycles. The minimum Gasteiger partial charge on any atom is -0.375 e. The summed E-state index contributed by atoms with van der Waals surface area (Å²) in [5.41, 5.74) is 2.37. The number of likely N-dealkylation sites (tertiary alicyclic amines) is 1. The summed E-state index contributed by atoms with van der Waals surface area (Å²) in [5.74, 6) is -0.329. The topological polar surface area (TPSA) is 95.3 Å². The Morgan fingerprint density at radius 3 is 2.89 bits per heavy atom. The molecule has 1 N–H and O–H groups in total. The van der Waals surface area contributed by atoms with E-state index in [4.69, 9.17) is 10.00 Å². The highest BCUT2D eigenvalue weighted by molar-refractivity contribution is 7.09. The number of carbonyl (C=O) groups is 2. The predicted molar refractivity (Wildman–Crippen MR) is 105 cm³/mol. The average Bonchev–Trinajstić information content (AvgIpc) is 3.21. The molecule has 146 valence electrons. The van der Waals surface area contributed by atoms with Crippen molar-refractivity contribution in [3.05, 3.63) is 40.2 Å². The summed E-state index contributed by atoms with van der Waals surface area (Å²) in [6.07, 6.45) is 1.59. The smallest absolute Gasteiger partial charge is 0.248 e. The van der Waals surface area contributed by atoms with Gasteiger partial charge < -0.3 is 15.0 Å². The number of hydrogen-bond donors (Lipinski definition) is 1. The summed E-state index contributed by atoms with van der Waals surface area (Å²) >= 11 is 1.48. The van der Waals surface area contributed by atoms with Crippen LogP contribution in [0.2, 0.25) is 0 Å². The predicted octanol–water partition coefficient (Wildman–Crippen LogP) is 2.18. The highest BCUT2D eigenvalue weighted by Crippen LogP contribution is 2.22. The highest BCUT2D eigenvalue weighted by atomic mass is 32.1. The van der Waals surface area contributed by atoms with E-state index in [1.165, 1.54) is 18.4 Å². The van der Waals surface area contributed by atoms with E-state index in [1.54, 1.807) is 17.0 Å². The van der Waals surface area contributed by atoms with Crippen LogP contribution in [0.15, 0.2) is 29.6 Å². The second-order valence-electron chi connectivity index (χ2n) is 6.65. The van der Waals surface area contributed by atoms with Crippen LogP contribution in [-0.4, -0.2) is 48.5 Å². The lowest BCUT2D eigenvalue weighted by Crippen LogP contribution is -2.46. The molecule has 0 saturated carbocycles. The third-order valence-corrected chi connectivity index (χ3v) is 5.54.